The van der Waals surface area contributed by atoms with Crippen LogP contribution in [0.5, 0.6) is 0 Å². The van der Waals surface area contributed by atoms with Crippen molar-refractivity contribution in [2.45, 2.75) is 46.6 Å². The molecule has 3 aromatic carbocycles. The standard InChI is InChI=1S/C27H28Si/c1-8-28-27(24-15-9-12-18(2)21(24)5,25-16-10-13-19(3)22(25)6)26-17-11-14-20(4)23(26)7/h1,9-17H,2-7H3. The Hall–Kier alpha value is -2.56. The zero-order valence-corrected chi connectivity index (χ0v) is 18.8. The lowest BCUT2D eigenvalue weighted by atomic mass is 9.76. The van der Waals surface area contributed by atoms with Crippen LogP contribution in [0, 0.1) is 53.5 Å². The molecule has 0 fully saturated rings. The van der Waals surface area contributed by atoms with Crippen molar-refractivity contribution in [3.8, 4) is 12.0 Å². The number of terminal acetylenes is 1. The quantitative estimate of drug-likeness (QED) is 0.290. The Morgan fingerprint density at radius 3 is 1.21 bits per heavy atom. The van der Waals surface area contributed by atoms with E-state index in [9.17, 15) is 0 Å². The van der Waals surface area contributed by atoms with Crippen molar-refractivity contribution in [3.63, 3.8) is 0 Å². The van der Waals surface area contributed by atoms with Crippen molar-refractivity contribution in [2.24, 2.45) is 0 Å². The molecule has 0 saturated carbocycles. The average molecular weight is 381 g/mol. The van der Waals surface area contributed by atoms with Gasteiger partial charge in [-0.05, 0) is 91.6 Å². The first-order chi connectivity index (χ1) is 13.3. The van der Waals surface area contributed by atoms with Crippen LogP contribution >= 0.6 is 0 Å². The van der Waals surface area contributed by atoms with Crippen LogP contribution in [0.3, 0.4) is 0 Å². The highest BCUT2D eigenvalue weighted by Crippen LogP contribution is 2.44. The van der Waals surface area contributed by atoms with E-state index in [1.165, 1.54) is 50.1 Å². The maximum Gasteiger partial charge on any atom is 0.169 e. The summed E-state index contributed by atoms with van der Waals surface area (Å²) >= 11 is 0. The Labute approximate surface area is 172 Å². The van der Waals surface area contributed by atoms with Gasteiger partial charge in [-0.2, -0.15) is 0 Å². The van der Waals surface area contributed by atoms with Crippen LogP contribution in [-0.4, -0.2) is 9.52 Å². The molecule has 0 spiro atoms. The van der Waals surface area contributed by atoms with Crippen LogP contribution in [0.4, 0.5) is 0 Å². The van der Waals surface area contributed by atoms with E-state index in [1.807, 2.05) is 0 Å². The molecule has 0 saturated heterocycles. The number of benzene rings is 3. The molecule has 140 valence electrons. The fourth-order valence-electron chi connectivity index (χ4n) is 4.22. The molecule has 1 heteroatoms. The summed E-state index contributed by atoms with van der Waals surface area (Å²) in [6.07, 6.45) is 6.05. The van der Waals surface area contributed by atoms with E-state index >= 15 is 0 Å². The summed E-state index contributed by atoms with van der Waals surface area (Å²) in [7, 11) is 0.315. The molecule has 0 atom stereocenters. The van der Waals surface area contributed by atoms with Gasteiger partial charge in [-0.1, -0.05) is 54.6 Å². The van der Waals surface area contributed by atoms with Crippen LogP contribution < -0.4 is 0 Å². The first-order valence-corrected chi connectivity index (χ1v) is 10.8. The van der Waals surface area contributed by atoms with Gasteiger partial charge in [0, 0.05) is 5.04 Å². The fraction of sp³-hybridized carbons (Fsp3) is 0.259. The Bertz CT molecular complexity index is 941. The third kappa shape index (κ3) is 3.13. The minimum atomic E-state index is -0.336. The summed E-state index contributed by atoms with van der Waals surface area (Å²) in [6, 6.07) is 19.9. The molecule has 0 N–H and O–H groups in total. The first kappa shape index (κ1) is 20.2. The topological polar surface area (TPSA) is 0 Å². The maximum absolute atomic E-state index is 6.05. The smallest absolute Gasteiger partial charge is 0.137 e. The Morgan fingerprint density at radius 1 is 0.607 bits per heavy atom. The van der Waals surface area contributed by atoms with Crippen molar-refractivity contribution in [3.05, 3.63) is 105 Å². The fourth-order valence-corrected chi connectivity index (χ4v) is 5.65. The molecule has 28 heavy (non-hydrogen) atoms. The van der Waals surface area contributed by atoms with Gasteiger partial charge in [0.2, 0.25) is 0 Å². The van der Waals surface area contributed by atoms with E-state index in [-0.39, 0.29) is 5.04 Å². The molecule has 0 aliphatic rings. The zero-order chi connectivity index (χ0) is 20.5. The van der Waals surface area contributed by atoms with Crippen LogP contribution in [0.25, 0.3) is 0 Å². The van der Waals surface area contributed by atoms with Crippen LogP contribution in [0.1, 0.15) is 50.1 Å². The summed E-state index contributed by atoms with van der Waals surface area (Å²) in [6.45, 7) is 13.3. The number of rotatable bonds is 4. The highest BCUT2D eigenvalue weighted by atomic mass is 28.2. The highest BCUT2D eigenvalue weighted by Gasteiger charge is 2.40. The zero-order valence-electron chi connectivity index (χ0n) is 17.8. The lowest BCUT2D eigenvalue weighted by molar-refractivity contribution is 0.833. The monoisotopic (exact) mass is 380 g/mol. The predicted octanol–water partition coefficient (Wildman–Crippen LogP) is 6.12. The van der Waals surface area contributed by atoms with Gasteiger partial charge >= 0.3 is 0 Å². The third-order valence-electron chi connectivity index (χ3n) is 6.29. The van der Waals surface area contributed by atoms with Gasteiger partial charge in [0.05, 0.1) is 0 Å². The SMILES string of the molecule is C#C[Si]C(c1cccc(C)c1C)(c1cccc(C)c1C)c1cccc(C)c1C. The van der Waals surface area contributed by atoms with Crippen molar-refractivity contribution in [1.29, 1.82) is 0 Å². The molecule has 0 heterocycles. The molecular formula is C27H28Si. The minimum Gasteiger partial charge on any atom is -0.137 e. The third-order valence-corrected chi connectivity index (χ3v) is 7.61. The second kappa shape index (κ2) is 7.82. The van der Waals surface area contributed by atoms with Gasteiger partial charge in [-0.25, -0.2) is 0 Å². The average Bonchev–Trinajstić information content (AvgIpc) is 2.67. The second-order valence-corrected chi connectivity index (χ2v) is 9.05. The van der Waals surface area contributed by atoms with Crippen molar-refractivity contribution < 1.29 is 0 Å². The number of hydrogen-bond acceptors (Lipinski definition) is 0. The Balaban J connectivity index is 2.55. The molecule has 0 aromatic heterocycles. The second-order valence-electron chi connectivity index (χ2n) is 7.76. The lowest BCUT2D eigenvalue weighted by Gasteiger charge is -2.38. The summed E-state index contributed by atoms with van der Waals surface area (Å²) < 4.78 is 0. The Kier molecular flexibility index (Phi) is 5.63. The van der Waals surface area contributed by atoms with Gasteiger partial charge in [0.25, 0.3) is 0 Å². The van der Waals surface area contributed by atoms with E-state index in [2.05, 4.69) is 102 Å². The van der Waals surface area contributed by atoms with Crippen LogP contribution in [0.2, 0.25) is 0 Å². The van der Waals surface area contributed by atoms with Gasteiger partial charge in [-0.3, -0.25) is 0 Å². The summed E-state index contributed by atoms with van der Waals surface area (Å²) in [5.41, 5.74) is 14.9. The molecule has 3 aromatic rings. The van der Waals surface area contributed by atoms with Crippen molar-refractivity contribution in [1.82, 2.24) is 0 Å². The van der Waals surface area contributed by atoms with E-state index in [4.69, 9.17) is 6.42 Å². The van der Waals surface area contributed by atoms with Crippen molar-refractivity contribution in [2.75, 3.05) is 0 Å². The number of hydrogen-bond donors (Lipinski definition) is 0. The molecule has 0 unspecified atom stereocenters. The lowest BCUT2D eigenvalue weighted by Crippen LogP contribution is -2.38. The molecule has 3 rings (SSSR count). The summed E-state index contributed by atoms with van der Waals surface area (Å²) in [5.74, 6) is 0. The Morgan fingerprint density at radius 2 is 0.929 bits per heavy atom. The largest absolute Gasteiger partial charge is 0.169 e. The molecule has 0 aliphatic carbocycles. The van der Waals surface area contributed by atoms with Crippen molar-refractivity contribution >= 4 is 9.52 Å². The van der Waals surface area contributed by atoms with Gasteiger partial charge in [0.15, 0.2) is 9.52 Å². The summed E-state index contributed by atoms with van der Waals surface area (Å²) in [5, 5.41) is -0.336. The summed E-state index contributed by atoms with van der Waals surface area (Å²) in [4.78, 5) is 0. The molecule has 0 aliphatic heterocycles. The van der Waals surface area contributed by atoms with Crippen LogP contribution in [0.15, 0.2) is 54.6 Å². The highest BCUT2D eigenvalue weighted by molar-refractivity contribution is 6.52. The molecule has 0 bridgehead atoms. The molecule has 2 radical (unpaired) electrons. The van der Waals surface area contributed by atoms with E-state index in [0.717, 1.165) is 0 Å². The van der Waals surface area contributed by atoms with Gasteiger partial charge in [-0.15, -0.1) is 12.0 Å². The van der Waals surface area contributed by atoms with E-state index in [0.29, 0.717) is 9.52 Å². The normalized spacial score (nSPS) is 11.3. The van der Waals surface area contributed by atoms with Gasteiger partial charge < -0.3 is 0 Å². The maximum atomic E-state index is 6.05. The molecule has 0 nitrogen and oxygen atoms in total. The first-order valence-electron chi connectivity index (χ1n) is 9.77. The van der Waals surface area contributed by atoms with Crippen LogP contribution in [-0.2, 0) is 5.04 Å². The predicted molar refractivity (Wildman–Crippen MR) is 122 cm³/mol. The molecule has 0 amide bonds. The minimum absolute atomic E-state index is 0.315. The number of aryl methyl sites for hydroxylation is 3. The van der Waals surface area contributed by atoms with E-state index < -0.39 is 0 Å². The molecular weight excluding hydrogens is 352 g/mol. The van der Waals surface area contributed by atoms with Gasteiger partial charge in [0.1, 0.15) is 0 Å². The van der Waals surface area contributed by atoms with E-state index in [1.54, 1.807) is 0 Å².